The fraction of sp³-hybridized carbons (Fsp3) is 0.381. The van der Waals surface area contributed by atoms with Crippen molar-refractivity contribution in [2.45, 2.75) is 16.9 Å². The van der Waals surface area contributed by atoms with Gasteiger partial charge in [0.05, 0.1) is 5.56 Å². The molecule has 1 saturated heterocycles. The number of hydrogen-bond donors (Lipinski definition) is 2. The summed E-state index contributed by atoms with van der Waals surface area (Å²) in [6.07, 6.45) is 3.06. The Morgan fingerprint density at radius 1 is 1.15 bits per heavy atom. The van der Waals surface area contributed by atoms with Gasteiger partial charge in [0.25, 0.3) is 0 Å². The van der Waals surface area contributed by atoms with Gasteiger partial charge in [0.1, 0.15) is 5.60 Å². The topological polar surface area (TPSA) is 64.0 Å². The zero-order chi connectivity index (χ0) is 19.4. The second-order valence-electron chi connectivity index (χ2n) is 7.24. The fourth-order valence-corrected chi connectivity index (χ4v) is 3.92. The van der Waals surface area contributed by atoms with E-state index in [1.165, 1.54) is 10.5 Å². The van der Waals surface area contributed by atoms with Crippen LogP contribution in [-0.2, 0) is 6.42 Å². The molecule has 0 spiro atoms. The van der Waals surface area contributed by atoms with Crippen LogP contribution in [0.25, 0.3) is 0 Å². The van der Waals surface area contributed by atoms with E-state index in [0.717, 1.165) is 18.7 Å². The van der Waals surface area contributed by atoms with Crippen molar-refractivity contribution in [3.8, 4) is 0 Å². The summed E-state index contributed by atoms with van der Waals surface area (Å²) in [5, 5.41) is 19.7. The standard InChI is InChI=1S/C21H26N2O3S/c1-22(18-7-5-17(6-8-18)20(24)25)13-21(26)14-23(15-21)12-11-16-3-9-19(27-2)10-4-16/h3-10,26H,11-15H2,1-2H3,(H,24,25). The highest BCUT2D eigenvalue weighted by Gasteiger charge is 2.41. The smallest absolute Gasteiger partial charge is 0.335 e. The van der Waals surface area contributed by atoms with Crippen LogP contribution in [0.1, 0.15) is 15.9 Å². The maximum Gasteiger partial charge on any atom is 0.335 e. The molecule has 1 aliphatic heterocycles. The number of hydrogen-bond acceptors (Lipinski definition) is 5. The average molecular weight is 387 g/mol. The molecule has 0 unspecified atom stereocenters. The zero-order valence-electron chi connectivity index (χ0n) is 15.8. The van der Waals surface area contributed by atoms with Gasteiger partial charge < -0.3 is 15.1 Å². The lowest BCUT2D eigenvalue weighted by Crippen LogP contribution is -2.66. The first-order chi connectivity index (χ1) is 12.9. The Morgan fingerprint density at radius 2 is 1.78 bits per heavy atom. The molecule has 27 heavy (non-hydrogen) atoms. The van der Waals surface area contributed by atoms with Gasteiger partial charge in [0.15, 0.2) is 0 Å². The van der Waals surface area contributed by atoms with E-state index in [-0.39, 0.29) is 5.56 Å². The normalized spacial score (nSPS) is 16.0. The van der Waals surface area contributed by atoms with E-state index in [9.17, 15) is 9.90 Å². The summed E-state index contributed by atoms with van der Waals surface area (Å²) in [7, 11) is 1.92. The number of aliphatic hydroxyl groups is 1. The number of aromatic carboxylic acids is 1. The Morgan fingerprint density at radius 3 is 2.33 bits per heavy atom. The molecule has 6 heteroatoms. The molecule has 1 heterocycles. The Labute approximate surface area is 164 Å². The lowest BCUT2D eigenvalue weighted by Gasteiger charge is -2.48. The van der Waals surface area contributed by atoms with Gasteiger partial charge in [-0.1, -0.05) is 12.1 Å². The summed E-state index contributed by atoms with van der Waals surface area (Å²) in [5.74, 6) is -0.930. The highest BCUT2D eigenvalue weighted by molar-refractivity contribution is 7.98. The molecule has 5 nitrogen and oxygen atoms in total. The number of benzene rings is 2. The number of carboxylic acid groups (broad SMARTS) is 1. The molecule has 144 valence electrons. The first-order valence-corrected chi connectivity index (χ1v) is 10.2. The van der Waals surface area contributed by atoms with Crippen molar-refractivity contribution < 1.29 is 15.0 Å². The average Bonchev–Trinajstić information content (AvgIpc) is 2.65. The Hall–Kier alpha value is -2.02. The van der Waals surface area contributed by atoms with Crippen molar-refractivity contribution in [1.82, 2.24) is 4.90 Å². The SMILES string of the molecule is CSc1ccc(CCN2CC(O)(CN(C)c3ccc(C(=O)O)cc3)C2)cc1. The van der Waals surface area contributed by atoms with Crippen LogP contribution in [0.2, 0.25) is 0 Å². The molecule has 1 fully saturated rings. The van der Waals surface area contributed by atoms with Gasteiger partial charge in [-0.3, -0.25) is 4.90 Å². The second kappa shape index (κ2) is 8.33. The molecule has 0 amide bonds. The fourth-order valence-electron chi connectivity index (χ4n) is 3.51. The minimum Gasteiger partial charge on any atom is -0.478 e. The van der Waals surface area contributed by atoms with Crippen molar-refractivity contribution in [2.24, 2.45) is 0 Å². The van der Waals surface area contributed by atoms with Crippen LogP contribution < -0.4 is 4.90 Å². The molecular formula is C21H26N2O3S. The maximum atomic E-state index is 10.9. The molecule has 0 radical (unpaired) electrons. The molecule has 0 atom stereocenters. The van der Waals surface area contributed by atoms with Crippen molar-refractivity contribution in [3.63, 3.8) is 0 Å². The van der Waals surface area contributed by atoms with E-state index in [2.05, 4.69) is 35.4 Å². The second-order valence-corrected chi connectivity index (χ2v) is 8.12. The molecule has 0 saturated carbocycles. The highest BCUT2D eigenvalue weighted by Crippen LogP contribution is 2.25. The molecule has 2 aromatic rings. The Kier molecular flexibility index (Phi) is 6.09. The van der Waals surface area contributed by atoms with Gasteiger partial charge in [-0.25, -0.2) is 4.79 Å². The third-order valence-corrected chi connectivity index (χ3v) is 5.74. The molecule has 1 aliphatic rings. The van der Waals surface area contributed by atoms with Crippen molar-refractivity contribution in [3.05, 3.63) is 59.7 Å². The minimum atomic E-state index is -0.930. The lowest BCUT2D eigenvalue weighted by atomic mass is 9.92. The van der Waals surface area contributed by atoms with Crippen LogP contribution >= 0.6 is 11.8 Å². The highest BCUT2D eigenvalue weighted by atomic mass is 32.2. The molecule has 2 aromatic carbocycles. The van der Waals surface area contributed by atoms with Crippen molar-refractivity contribution >= 4 is 23.4 Å². The van der Waals surface area contributed by atoms with Crippen LogP contribution in [0.3, 0.4) is 0 Å². The minimum absolute atomic E-state index is 0.270. The molecule has 2 N–H and O–H groups in total. The molecular weight excluding hydrogens is 360 g/mol. The number of likely N-dealkylation sites (tertiary alicyclic amines) is 1. The first-order valence-electron chi connectivity index (χ1n) is 9.01. The summed E-state index contributed by atoms with van der Waals surface area (Å²) >= 11 is 1.75. The monoisotopic (exact) mass is 386 g/mol. The lowest BCUT2D eigenvalue weighted by molar-refractivity contribution is -0.0896. The van der Waals surface area contributed by atoms with Crippen LogP contribution in [0.5, 0.6) is 0 Å². The van der Waals surface area contributed by atoms with Crippen LogP contribution in [0.15, 0.2) is 53.4 Å². The van der Waals surface area contributed by atoms with E-state index in [4.69, 9.17) is 5.11 Å². The van der Waals surface area contributed by atoms with E-state index in [0.29, 0.717) is 19.6 Å². The molecule has 3 rings (SSSR count). The van der Waals surface area contributed by atoms with Gasteiger partial charge in [0.2, 0.25) is 0 Å². The number of anilines is 1. The van der Waals surface area contributed by atoms with Crippen LogP contribution in [0.4, 0.5) is 5.69 Å². The number of thioether (sulfide) groups is 1. The largest absolute Gasteiger partial charge is 0.478 e. The van der Waals surface area contributed by atoms with Crippen molar-refractivity contribution in [2.75, 3.05) is 44.4 Å². The van der Waals surface area contributed by atoms with Gasteiger partial charge in [0, 0.05) is 43.8 Å². The van der Waals surface area contributed by atoms with Gasteiger partial charge in [-0.05, 0) is 54.6 Å². The first kappa shape index (κ1) is 19.7. The summed E-state index contributed by atoms with van der Waals surface area (Å²) in [4.78, 5) is 16.5. The number of rotatable bonds is 8. The van der Waals surface area contributed by atoms with Gasteiger partial charge in [-0.15, -0.1) is 11.8 Å². The predicted molar refractivity (Wildman–Crippen MR) is 110 cm³/mol. The third kappa shape index (κ3) is 5.03. The summed E-state index contributed by atoms with van der Waals surface area (Å²) in [6.45, 7) is 2.79. The van der Waals surface area contributed by atoms with Gasteiger partial charge in [-0.2, -0.15) is 0 Å². The number of nitrogens with zero attached hydrogens (tertiary/aromatic N) is 2. The summed E-state index contributed by atoms with van der Waals surface area (Å²) in [6, 6.07) is 15.4. The van der Waals surface area contributed by atoms with Crippen molar-refractivity contribution in [1.29, 1.82) is 0 Å². The third-order valence-electron chi connectivity index (χ3n) is 5.00. The zero-order valence-corrected chi connectivity index (χ0v) is 16.6. The van der Waals surface area contributed by atoms with E-state index < -0.39 is 11.6 Å². The quantitative estimate of drug-likeness (QED) is 0.680. The Balaban J connectivity index is 1.46. The predicted octanol–water partition coefficient (Wildman–Crippen LogP) is 2.83. The molecule has 0 bridgehead atoms. The number of β-amino-alcohol motifs (C(OH)–C–C–N with tert-alkyl or cyclic N) is 1. The van der Waals surface area contributed by atoms with Gasteiger partial charge >= 0.3 is 5.97 Å². The van der Waals surface area contributed by atoms with E-state index >= 15 is 0 Å². The Bertz CT molecular complexity index is 771. The molecule has 0 aromatic heterocycles. The summed E-state index contributed by atoms with van der Waals surface area (Å²) < 4.78 is 0. The number of carbonyl (C=O) groups is 1. The van der Waals surface area contributed by atoms with E-state index in [1.807, 2.05) is 11.9 Å². The molecule has 0 aliphatic carbocycles. The van der Waals surface area contributed by atoms with E-state index in [1.54, 1.807) is 36.0 Å². The van der Waals surface area contributed by atoms with Crippen LogP contribution in [-0.4, -0.2) is 66.2 Å². The number of carboxylic acids is 1. The number of likely N-dealkylation sites (N-methyl/N-ethyl adjacent to an activating group) is 1. The van der Waals surface area contributed by atoms with Crippen LogP contribution in [0, 0.1) is 0 Å². The maximum absolute atomic E-state index is 10.9. The summed E-state index contributed by atoms with van der Waals surface area (Å²) in [5.41, 5.74) is 1.77.